The highest BCUT2D eigenvalue weighted by Crippen LogP contribution is 2.38. The molecule has 0 radical (unpaired) electrons. The third-order valence-electron chi connectivity index (χ3n) is 4.31. The minimum Gasteiger partial charge on any atom is -0.483 e. The zero-order valence-electron chi connectivity index (χ0n) is 15.5. The number of hydrogen-bond donors (Lipinski definition) is 2. The first-order chi connectivity index (χ1) is 13.7. The number of ether oxygens (including phenoxy) is 1. The normalized spacial score (nSPS) is 11.0. The third-order valence-corrected chi connectivity index (χ3v) is 6.14. The smallest absolute Gasteiger partial charge is 0.257 e. The predicted molar refractivity (Wildman–Crippen MR) is 118 cm³/mol. The number of aromatic nitrogens is 1. The van der Waals surface area contributed by atoms with Gasteiger partial charge in [0.1, 0.15) is 5.75 Å². The van der Waals surface area contributed by atoms with Gasteiger partial charge in [-0.05, 0) is 36.9 Å². The molecule has 1 amide bonds. The number of aryl methyl sites for hydroxylation is 1. The van der Waals surface area contributed by atoms with E-state index in [0.717, 1.165) is 49.7 Å². The summed E-state index contributed by atoms with van der Waals surface area (Å²) >= 11 is 3.30. The second kappa shape index (κ2) is 8.58. The lowest BCUT2D eigenvalue weighted by Gasteiger charge is -2.10. The summed E-state index contributed by atoms with van der Waals surface area (Å²) in [5, 5.41) is 10.3. The quantitative estimate of drug-likeness (QED) is 0.408. The van der Waals surface area contributed by atoms with E-state index in [1.807, 2.05) is 54.8 Å². The molecule has 28 heavy (non-hydrogen) atoms. The van der Waals surface area contributed by atoms with Crippen LogP contribution < -0.4 is 15.4 Å². The van der Waals surface area contributed by atoms with Crippen LogP contribution in [0.2, 0.25) is 0 Å². The van der Waals surface area contributed by atoms with Gasteiger partial charge in [0.25, 0.3) is 5.91 Å². The minimum atomic E-state index is -0.108. The average Bonchev–Trinajstić information content (AvgIpc) is 3.32. The summed E-state index contributed by atoms with van der Waals surface area (Å²) in [6.07, 6.45) is 0.849. The van der Waals surface area contributed by atoms with Gasteiger partial charge in [-0.25, -0.2) is 4.98 Å². The van der Waals surface area contributed by atoms with E-state index in [1.165, 1.54) is 0 Å². The molecule has 144 valence electrons. The summed E-state index contributed by atoms with van der Waals surface area (Å²) in [6, 6.07) is 14.1. The van der Waals surface area contributed by atoms with Crippen molar-refractivity contribution in [1.82, 2.24) is 10.3 Å². The van der Waals surface area contributed by atoms with E-state index in [-0.39, 0.29) is 12.5 Å². The molecule has 0 aliphatic heterocycles. The number of thiazole rings is 1. The maximum atomic E-state index is 12.1. The Bertz CT molecular complexity index is 1090. The fourth-order valence-electron chi connectivity index (χ4n) is 3.01. The number of para-hydroxylation sites is 1. The molecule has 4 aromatic rings. The van der Waals surface area contributed by atoms with E-state index in [9.17, 15) is 4.79 Å². The fraction of sp³-hybridized carbons (Fsp3) is 0.238. The lowest BCUT2D eigenvalue weighted by atomic mass is 10.2. The molecular formula is C21H21N3O2S2. The highest BCUT2D eigenvalue weighted by Gasteiger charge is 2.13. The first-order valence-electron chi connectivity index (χ1n) is 9.16. The van der Waals surface area contributed by atoms with Crippen LogP contribution in [0.1, 0.15) is 11.4 Å². The molecule has 2 aromatic heterocycles. The van der Waals surface area contributed by atoms with Crippen LogP contribution in [0.5, 0.6) is 5.75 Å². The molecule has 0 saturated carbocycles. The Labute approximate surface area is 171 Å². The number of nitrogens with zero attached hydrogens (tertiary/aromatic N) is 1. The summed E-state index contributed by atoms with van der Waals surface area (Å²) in [6.45, 7) is 3.44. The van der Waals surface area contributed by atoms with Crippen LogP contribution in [0.25, 0.3) is 20.3 Å². The van der Waals surface area contributed by atoms with Gasteiger partial charge in [-0.3, -0.25) is 4.79 Å². The Morgan fingerprint density at radius 3 is 2.89 bits per heavy atom. The molecule has 0 atom stereocenters. The van der Waals surface area contributed by atoms with Crippen LogP contribution in [-0.4, -0.2) is 30.6 Å². The van der Waals surface area contributed by atoms with E-state index in [2.05, 4.69) is 15.6 Å². The third kappa shape index (κ3) is 4.26. The molecule has 2 N–H and O–H groups in total. The molecule has 0 bridgehead atoms. The number of benzene rings is 2. The molecule has 0 spiro atoms. The van der Waals surface area contributed by atoms with Crippen LogP contribution in [0, 0.1) is 6.92 Å². The van der Waals surface area contributed by atoms with Crippen LogP contribution in [0.4, 0.5) is 5.69 Å². The maximum Gasteiger partial charge on any atom is 0.257 e. The number of thiophene rings is 1. The van der Waals surface area contributed by atoms with Gasteiger partial charge in [0.05, 0.1) is 19.9 Å². The van der Waals surface area contributed by atoms with Crippen LogP contribution in [0.15, 0.2) is 47.8 Å². The largest absolute Gasteiger partial charge is 0.483 e. The monoisotopic (exact) mass is 411 g/mol. The van der Waals surface area contributed by atoms with Crippen molar-refractivity contribution < 1.29 is 9.53 Å². The van der Waals surface area contributed by atoms with Crippen molar-refractivity contribution in [2.45, 2.75) is 13.3 Å². The van der Waals surface area contributed by atoms with E-state index in [0.29, 0.717) is 6.54 Å². The first kappa shape index (κ1) is 18.7. The van der Waals surface area contributed by atoms with Gasteiger partial charge in [-0.2, -0.15) is 0 Å². The summed E-state index contributed by atoms with van der Waals surface area (Å²) in [7, 11) is 0. The van der Waals surface area contributed by atoms with Crippen molar-refractivity contribution >= 4 is 54.6 Å². The van der Waals surface area contributed by atoms with E-state index in [1.54, 1.807) is 22.7 Å². The Balaban J connectivity index is 1.28. The van der Waals surface area contributed by atoms with Gasteiger partial charge in [0.15, 0.2) is 6.61 Å². The molecule has 0 saturated heterocycles. The molecule has 0 fully saturated rings. The lowest BCUT2D eigenvalue weighted by Crippen LogP contribution is -2.30. The molecule has 0 aliphatic rings. The van der Waals surface area contributed by atoms with Crippen molar-refractivity contribution in [3.8, 4) is 5.75 Å². The number of fused-ring (bicyclic) bond motifs is 3. The van der Waals surface area contributed by atoms with Crippen LogP contribution >= 0.6 is 22.7 Å². The molecule has 4 rings (SSSR count). The van der Waals surface area contributed by atoms with Crippen molar-refractivity contribution in [3.63, 3.8) is 0 Å². The zero-order chi connectivity index (χ0) is 19.3. The van der Waals surface area contributed by atoms with Crippen LogP contribution in [-0.2, 0) is 4.79 Å². The second-order valence-corrected chi connectivity index (χ2v) is 8.55. The Morgan fingerprint density at radius 1 is 1.18 bits per heavy atom. The molecular weight excluding hydrogens is 390 g/mol. The van der Waals surface area contributed by atoms with E-state index in [4.69, 9.17) is 4.74 Å². The Hall–Kier alpha value is -2.64. The summed E-state index contributed by atoms with van der Waals surface area (Å²) in [5.41, 5.74) is 2.11. The van der Waals surface area contributed by atoms with Gasteiger partial charge in [0, 0.05) is 30.2 Å². The average molecular weight is 412 g/mol. The molecule has 5 nitrogen and oxygen atoms in total. The minimum absolute atomic E-state index is 0.0142. The standard InChI is InChI=1S/C21H21N3O2S2/c1-14-24-20-18(28-14)12-17(16-8-11-27-21(16)20)26-13-19(25)23-10-5-9-22-15-6-3-2-4-7-15/h2-4,6-8,11-12,22H,5,9-10,13H2,1H3,(H,23,25). The highest BCUT2D eigenvalue weighted by atomic mass is 32.1. The topological polar surface area (TPSA) is 63.2 Å². The maximum absolute atomic E-state index is 12.1. The number of nitrogens with one attached hydrogen (secondary N) is 2. The van der Waals surface area contributed by atoms with Crippen molar-refractivity contribution in [1.29, 1.82) is 0 Å². The number of rotatable bonds is 8. The van der Waals surface area contributed by atoms with Gasteiger partial charge in [0.2, 0.25) is 0 Å². The Morgan fingerprint density at radius 2 is 2.04 bits per heavy atom. The predicted octanol–water partition coefficient (Wildman–Crippen LogP) is 4.82. The number of hydrogen-bond acceptors (Lipinski definition) is 6. The lowest BCUT2D eigenvalue weighted by molar-refractivity contribution is -0.123. The molecule has 2 aromatic carbocycles. The highest BCUT2D eigenvalue weighted by molar-refractivity contribution is 7.21. The van der Waals surface area contributed by atoms with Crippen LogP contribution in [0.3, 0.4) is 0 Å². The van der Waals surface area contributed by atoms with Gasteiger partial charge in [-0.15, -0.1) is 22.7 Å². The van der Waals surface area contributed by atoms with Gasteiger partial charge in [-0.1, -0.05) is 18.2 Å². The number of carbonyl (C=O) groups excluding carboxylic acids is 1. The van der Waals surface area contributed by atoms with Gasteiger partial charge >= 0.3 is 0 Å². The van der Waals surface area contributed by atoms with Gasteiger partial charge < -0.3 is 15.4 Å². The van der Waals surface area contributed by atoms with Crippen molar-refractivity contribution in [2.24, 2.45) is 0 Å². The van der Waals surface area contributed by atoms with E-state index >= 15 is 0 Å². The summed E-state index contributed by atoms with van der Waals surface area (Å²) in [4.78, 5) is 16.7. The second-order valence-electron chi connectivity index (χ2n) is 6.40. The summed E-state index contributed by atoms with van der Waals surface area (Å²) < 4.78 is 8.05. The number of amides is 1. The van der Waals surface area contributed by atoms with E-state index < -0.39 is 0 Å². The van der Waals surface area contributed by atoms with Crippen molar-refractivity contribution in [2.75, 3.05) is 25.0 Å². The molecule has 2 heterocycles. The molecule has 0 unspecified atom stereocenters. The Kier molecular flexibility index (Phi) is 5.73. The molecule has 7 heteroatoms. The molecule has 0 aliphatic carbocycles. The number of anilines is 1. The number of carbonyl (C=O) groups is 1. The first-order valence-corrected chi connectivity index (χ1v) is 10.9. The van der Waals surface area contributed by atoms with Crippen molar-refractivity contribution in [3.05, 3.63) is 52.9 Å². The SMILES string of the molecule is Cc1nc2c(cc(OCC(=O)NCCCNc3ccccc3)c3ccsc32)s1. The zero-order valence-corrected chi connectivity index (χ0v) is 17.2. The fourth-order valence-corrected chi connectivity index (χ4v) is 4.84. The summed E-state index contributed by atoms with van der Waals surface area (Å²) in [5.74, 6) is 0.636.